The zero-order valence-corrected chi connectivity index (χ0v) is 19.7. The van der Waals surface area contributed by atoms with Crippen molar-refractivity contribution in [3.8, 4) is 0 Å². The molecule has 0 radical (unpaired) electrons. The summed E-state index contributed by atoms with van der Waals surface area (Å²) in [4.78, 5) is 8.59. The van der Waals surface area contributed by atoms with E-state index in [9.17, 15) is 0 Å². The first-order chi connectivity index (χ1) is 16.2. The maximum absolute atomic E-state index is 6.31. The van der Waals surface area contributed by atoms with Gasteiger partial charge in [-0.15, -0.1) is 10.2 Å². The van der Waals surface area contributed by atoms with E-state index in [4.69, 9.17) is 10.8 Å². The highest BCUT2D eigenvalue weighted by Crippen LogP contribution is 2.53. The number of nitrogens with zero attached hydrogens (tertiary/aromatic N) is 6. The Hall–Kier alpha value is -3.14. The molecule has 2 atom stereocenters. The molecule has 0 aliphatic carbocycles. The van der Waals surface area contributed by atoms with E-state index in [1.54, 1.807) is 18.0 Å². The van der Waals surface area contributed by atoms with Crippen LogP contribution >= 0.6 is 23.1 Å². The summed E-state index contributed by atoms with van der Waals surface area (Å²) < 4.78 is 0. The van der Waals surface area contributed by atoms with Crippen LogP contribution in [-0.4, -0.2) is 31.8 Å². The lowest BCUT2D eigenvalue weighted by Gasteiger charge is -2.37. The van der Waals surface area contributed by atoms with E-state index in [2.05, 4.69) is 44.4 Å². The summed E-state index contributed by atoms with van der Waals surface area (Å²) in [5, 5.41) is 18.3. The lowest BCUT2D eigenvalue weighted by atomic mass is 9.91. The standard InChI is InChI=1S/C24H23N7S2/c1-17-28-29-23(32-17)31-24(19-9-3-2-4-10-19,15-18(16-25)20-11-5-7-13-26-20)33-22(30-31)21-12-6-8-14-27-21/h2-14,18H,15-16,25H2,1H3. The predicted octanol–water partition coefficient (Wildman–Crippen LogP) is 4.54. The van der Waals surface area contributed by atoms with Crippen LogP contribution in [-0.2, 0) is 4.87 Å². The van der Waals surface area contributed by atoms with Crippen molar-refractivity contribution in [2.75, 3.05) is 11.6 Å². The fraction of sp³-hybridized carbons (Fsp3) is 0.208. The Morgan fingerprint density at radius 2 is 1.70 bits per heavy atom. The van der Waals surface area contributed by atoms with Gasteiger partial charge in [0, 0.05) is 30.6 Å². The maximum atomic E-state index is 6.31. The van der Waals surface area contributed by atoms with Crippen molar-refractivity contribution in [2.45, 2.75) is 24.1 Å². The second-order valence-corrected chi connectivity index (χ2v) is 10.1. The minimum absolute atomic E-state index is 0.0220. The van der Waals surface area contributed by atoms with Crippen molar-refractivity contribution in [3.05, 3.63) is 101 Å². The van der Waals surface area contributed by atoms with Gasteiger partial charge in [-0.25, -0.2) is 5.01 Å². The van der Waals surface area contributed by atoms with E-state index in [-0.39, 0.29) is 5.92 Å². The van der Waals surface area contributed by atoms with Crippen LogP contribution in [0.25, 0.3) is 0 Å². The molecule has 2 N–H and O–H groups in total. The average Bonchev–Trinajstić information content (AvgIpc) is 3.48. The molecule has 4 heterocycles. The molecule has 0 amide bonds. The van der Waals surface area contributed by atoms with E-state index < -0.39 is 4.87 Å². The number of nitrogens with two attached hydrogens (primary N) is 1. The molecule has 5 rings (SSSR count). The largest absolute Gasteiger partial charge is 0.330 e. The predicted molar refractivity (Wildman–Crippen MR) is 134 cm³/mol. The van der Waals surface area contributed by atoms with Crippen LogP contribution in [0.15, 0.2) is 84.2 Å². The first-order valence-electron chi connectivity index (χ1n) is 10.7. The highest BCUT2D eigenvalue weighted by molar-refractivity contribution is 8.15. The molecule has 33 heavy (non-hydrogen) atoms. The lowest BCUT2D eigenvalue weighted by molar-refractivity contribution is 0.475. The Kier molecular flexibility index (Phi) is 6.17. The number of hydrogen-bond donors (Lipinski definition) is 1. The summed E-state index contributed by atoms with van der Waals surface area (Å²) in [6.07, 6.45) is 4.29. The quantitative estimate of drug-likeness (QED) is 0.421. The third kappa shape index (κ3) is 4.27. The molecule has 0 saturated heterocycles. The van der Waals surface area contributed by atoms with Gasteiger partial charge in [0.05, 0.1) is 5.69 Å². The summed E-state index contributed by atoms with van der Waals surface area (Å²) in [5.41, 5.74) is 9.22. The molecular formula is C24H23N7S2. The van der Waals surface area contributed by atoms with Gasteiger partial charge in [0.15, 0.2) is 0 Å². The van der Waals surface area contributed by atoms with Gasteiger partial charge in [0.2, 0.25) is 5.13 Å². The van der Waals surface area contributed by atoms with Gasteiger partial charge in [-0.2, -0.15) is 5.10 Å². The molecule has 1 aliphatic heterocycles. The Labute approximate surface area is 200 Å². The number of hydrazone groups is 1. The van der Waals surface area contributed by atoms with Gasteiger partial charge in [-0.3, -0.25) is 9.97 Å². The third-order valence-corrected chi connectivity index (χ3v) is 7.73. The van der Waals surface area contributed by atoms with Crippen molar-refractivity contribution < 1.29 is 0 Å². The first kappa shape index (κ1) is 21.7. The number of benzene rings is 1. The van der Waals surface area contributed by atoms with Crippen LogP contribution in [0.3, 0.4) is 0 Å². The number of hydrogen-bond acceptors (Lipinski definition) is 9. The molecular weight excluding hydrogens is 450 g/mol. The number of rotatable bonds is 7. The zero-order chi connectivity index (χ0) is 22.7. The minimum Gasteiger partial charge on any atom is -0.330 e. The smallest absolute Gasteiger partial charge is 0.230 e. The fourth-order valence-corrected chi connectivity index (χ4v) is 6.13. The summed E-state index contributed by atoms with van der Waals surface area (Å²) in [6, 6.07) is 22.2. The number of pyridine rings is 2. The first-order valence-corrected chi connectivity index (χ1v) is 12.3. The van der Waals surface area contributed by atoms with Crippen molar-refractivity contribution in [3.63, 3.8) is 0 Å². The molecule has 7 nitrogen and oxygen atoms in total. The molecule has 0 bridgehead atoms. The Bertz CT molecular complexity index is 1230. The highest BCUT2D eigenvalue weighted by Gasteiger charge is 2.49. The number of aromatic nitrogens is 4. The fourth-order valence-electron chi connectivity index (χ4n) is 3.94. The molecule has 0 saturated carbocycles. The van der Waals surface area contributed by atoms with Crippen LogP contribution in [0.2, 0.25) is 0 Å². The number of aryl methyl sites for hydroxylation is 1. The molecule has 1 aliphatic rings. The third-order valence-electron chi connectivity index (χ3n) is 5.52. The van der Waals surface area contributed by atoms with Crippen molar-refractivity contribution in [1.29, 1.82) is 0 Å². The SMILES string of the molecule is Cc1nnc(N2N=C(c3ccccn3)SC2(CC(CN)c2ccccn2)c2ccccc2)s1. The number of thioether (sulfide) groups is 1. The van der Waals surface area contributed by atoms with E-state index in [1.165, 1.54) is 11.3 Å². The Balaban J connectivity index is 1.66. The molecule has 1 aromatic carbocycles. The van der Waals surface area contributed by atoms with Crippen molar-refractivity contribution >= 4 is 33.3 Å². The lowest BCUT2D eigenvalue weighted by Crippen LogP contribution is -2.40. The molecule has 2 unspecified atom stereocenters. The molecule has 4 aromatic rings. The van der Waals surface area contributed by atoms with Gasteiger partial charge >= 0.3 is 0 Å². The van der Waals surface area contributed by atoms with Crippen LogP contribution in [0, 0.1) is 6.92 Å². The van der Waals surface area contributed by atoms with Gasteiger partial charge < -0.3 is 5.73 Å². The van der Waals surface area contributed by atoms with E-state index in [0.717, 1.165) is 32.1 Å². The van der Waals surface area contributed by atoms with Crippen LogP contribution in [0.1, 0.15) is 34.3 Å². The summed E-state index contributed by atoms with van der Waals surface area (Å²) in [5.74, 6) is 0.0220. The normalized spacial score (nSPS) is 18.8. The molecule has 0 spiro atoms. The van der Waals surface area contributed by atoms with E-state index in [0.29, 0.717) is 13.0 Å². The van der Waals surface area contributed by atoms with Gasteiger partial charge in [-0.1, -0.05) is 65.6 Å². The van der Waals surface area contributed by atoms with Crippen LogP contribution < -0.4 is 10.7 Å². The highest BCUT2D eigenvalue weighted by atomic mass is 32.2. The van der Waals surface area contributed by atoms with Gasteiger partial charge in [0.25, 0.3) is 0 Å². The summed E-state index contributed by atoms with van der Waals surface area (Å²) in [7, 11) is 0. The summed E-state index contributed by atoms with van der Waals surface area (Å²) in [6.45, 7) is 2.42. The minimum atomic E-state index is -0.582. The van der Waals surface area contributed by atoms with Crippen LogP contribution in [0.4, 0.5) is 5.13 Å². The van der Waals surface area contributed by atoms with Gasteiger partial charge in [-0.05, 0) is 43.2 Å². The Morgan fingerprint density at radius 1 is 0.939 bits per heavy atom. The zero-order valence-electron chi connectivity index (χ0n) is 18.1. The molecule has 0 fully saturated rings. The molecule has 9 heteroatoms. The second-order valence-electron chi connectivity index (χ2n) is 7.68. The topological polar surface area (TPSA) is 93.2 Å². The van der Waals surface area contributed by atoms with E-state index in [1.807, 2.05) is 60.6 Å². The van der Waals surface area contributed by atoms with Gasteiger partial charge in [0.1, 0.15) is 14.9 Å². The maximum Gasteiger partial charge on any atom is 0.230 e. The average molecular weight is 474 g/mol. The van der Waals surface area contributed by atoms with Crippen molar-refractivity contribution in [2.24, 2.45) is 10.8 Å². The summed E-state index contributed by atoms with van der Waals surface area (Å²) >= 11 is 3.21. The van der Waals surface area contributed by atoms with Crippen molar-refractivity contribution in [1.82, 2.24) is 20.2 Å². The Morgan fingerprint density at radius 3 is 2.33 bits per heavy atom. The molecule has 166 valence electrons. The second kappa shape index (κ2) is 9.38. The monoisotopic (exact) mass is 473 g/mol. The molecule has 3 aromatic heterocycles. The number of anilines is 1. The van der Waals surface area contributed by atoms with Crippen LogP contribution in [0.5, 0.6) is 0 Å². The van der Waals surface area contributed by atoms with E-state index >= 15 is 0 Å².